The molecule has 2 rings (SSSR count). The van der Waals surface area contributed by atoms with Gasteiger partial charge in [-0.1, -0.05) is 25.3 Å². The lowest BCUT2D eigenvalue weighted by atomic mass is 9.74. The molecule has 0 radical (unpaired) electrons. The van der Waals surface area contributed by atoms with Crippen LogP contribution in [-0.4, -0.2) is 35.2 Å². The Hall–Kier alpha value is -0.930. The Morgan fingerprint density at radius 2 is 2.06 bits per heavy atom. The first kappa shape index (κ1) is 13.5. The van der Waals surface area contributed by atoms with Gasteiger partial charge in [0.15, 0.2) is 0 Å². The summed E-state index contributed by atoms with van der Waals surface area (Å²) in [6.07, 6.45) is 8.01. The quantitative estimate of drug-likeness (QED) is 0.869. The molecule has 100 valence electrons. The minimum Gasteiger partial charge on any atom is -0.396 e. The molecule has 1 aliphatic rings. The molecule has 1 fully saturated rings. The van der Waals surface area contributed by atoms with Crippen LogP contribution >= 0.6 is 0 Å². The molecule has 3 heteroatoms. The van der Waals surface area contributed by atoms with E-state index in [1.165, 1.54) is 19.3 Å². The lowest BCUT2D eigenvalue weighted by Crippen LogP contribution is -2.39. The molecule has 1 aromatic heterocycles. The molecule has 0 amide bonds. The van der Waals surface area contributed by atoms with Crippen molar-refractivity contribution in [3.05, 3.63) is 30.1 Å². The number of hydrogen-bond acceptors (Lipinski definition) is 3. The highest BCUT2D eigenvalue weighted by Crippen LogP contribution is 2.36. The fourth-order valence-electron chi connectivity index (χ4n) is 3.06. The summed E-state index contributed by atoms with van der Waals surface area (Å²) in [6.45, 7) is 2.15. The molecular weight excluding hydrogens is 224 g/mol. The molecule has 0 aromatic carbocycles. The molecule has 0 spiro atoms. The van der Waals surface area contributed by atoms with Crippen molar-refractivity contribution < 1.29 is 5.11 Å². The van der Waals surface area contributed by atoms with Crippen LogP contribution in [0.15, 0.2) is 24.4 Å². The Labute approximate surface area is 110 Å². The molecule has 0 aliphatic heterocycles. The summed E-state index contributed by atoms with van der Waals surface area (Å²) < 4.78 is 0. The number of aromatic nitrogens is 1. The fourth-order valence-corrected chi connectivity index (χ4v) is 3.06. The summed E-state index contributed by atoms with van der Waals surface area (Å²) >= 11 is 0. The van der Waals surface area contributed by atoms with Gasteiger partial charge in [-0.15, -0.1) is 0 Å². The van der Waals surface area contributed by atoms with Crippen LogP contribution in [0.25, 0.3) is 0 Å². The first-order valence-corrected chi connectivity index (χ1v) is 6.93. The van der Waals surface area contributed by atoms with E-state index in [2.05, 4.69) is 23.0 Å². The standard InChI is InChI=1S/C15H24N2O/c1-17(11-14-7-3-6-10-16-14)12-15(13-18)8-4-2-5-9-15/h3,6-7,10,18H,2,4-5,8-9,11-13H2,1H3. The van der Waals surface area contributed by atoms with E-state index in [1.807, 2.05) is 18.3 Å². The van der Waals surface area contributed by atoms with Crippen LogP contribution < -0.4 is 0 Å². The molecular formula is C15H24N2O. The predicted molar refractivity (Wildman–Crippen MR) is 73.2 cm³/mol. The lowest BCUT2D eigenvalue weighted by molar-refractivity contribution is 0.0460. The monoisotopic (exact) mass is 248 g/mol. The topological polar surface area (TPSA) is 36.4 Å². The number of aliphatic hydroxyl groups is 1. The maximum atomic E-state index is 9.71. The van der Waals surface area contributed by atoms with E-state index >= 15 is 0 Å². The van der Waals surface area contributed by atoms with Crippen molar-refractivity contribution in [3.63, 3.8) is 0 Å². The third-order valence-electron chi connectivity index (χ3n) is 4.01. The minimum absolute atomic E-state index is 0.127. The average molecular weight is 248 g/mol. The smallest absolute Gasteiger partial charge is 0.0543 e. The van der Waals surface area contributed by atoms with E-state index in [1.54, 1.807) is 0 Å². The molecule has 0 bridgehead atoms. The summed E-state index contributed by atoms with van der Waals surface area (Å²) in [5, 5.41) is 9.71. The van der Waals surface area contributed by atoms with Crippen LogP contribution in [0.3, 0.4) is 0 Å². The Morgan fingerprint density at radius 1 is 1.28 bits per heavy atom. The predicted octanol–water partition coefficient (Wildman–Crippen LogP) is 2.46. The second kappa shape index (κ2) is 6.30. The van der Waals surface area contributed by atoms with Gasteiger partial charge in [-0.2, -0.15) is 0 Å². The molecule has 0 saturated heterocycles. The first-order valence-electron chi connectivity index (χ1n) is 6.93. The molecule has 0 unspecified atom stereocenters. The van der Waals surface area contributed by atoms with Crippen molar-refractivity contribution in [2.24, 2.45) is 5.41 Å². The molecule has 3 nitrogen and oxygen atoms in total. The van der Waals surface area contributed by atoms with Gasteiger partial charge >= 0.3 is 0 Å². The number of rotatable bonds is 5. The van der Waals surface area contributed by atoms with Crippen LogP contribution in [0.2, 0.25) is 0 Å². The second-order valence-corrected chi connectivity index (χ2v) is 5.71. The second-order valence-electron chi connectivity index (χ2n) is 5.71. The van der Waals surface area contributed by atoms with Gasteiger partial charge in [0.1, 0.15) is 0 Å². The van der Waals surface area contributed by atoms with Crippen LogP contribution in [-0.2, 0) is 6.54 Å². The van der Waals surface area contributed by atoms with Crippen molar-refractivity contribution >= 4 is 0 Å². The zero-order valence-corrected chi connectivity index (χ0v) is 11.3. The van der Waals surface area contributed by atoms with E-state index in [-0.39, 0.29) is 5.41 Å². The maximum absolute atomic E-state index is 9.71. The first-order chi connectivity index (χ1) is 8.74. The van der Waals surface area contributed by atoms with Crippen LogP contribution in [0.1, 0.15) is 37.8 Å². The largest absolute Gasteiger partial charge is 0.396 e. The van der Waals surface area contributed by atoms with Crippen LogP contribution in [0, 0.1) is 5.41 Å². The minimum atomic E-state index is 0.127. The highest BCUT2D eigenvalue weighted by molar-refractivity contribution is 5.03. The molecule has 1 N–H and O–H groups in total. The van der Waals surface area contributed by atoms with Crippen molar-refractivity contribution in [1.29, 1.82) is 0 Å². The summed E-state index contributed by atoms with van der Waals surface area (Å²) in [5.74, 6) is 0. The number of hydrogen-bond donors (Lipinski definition) is 1. The summed E-state index contributed by atoms with van der Waals surface area (Å²) in [6, 6.07) is 6.03. The van der Waals surface area contributed by atoms with Crippen LogP contribution in [0.5, 0.6) is 0 Å². The molecule has 1 aromatic rings. The van der Waals surface area contributed by atoms with Gasteiger partial charge in [-0.25, -0.2) is 0 Å². The van der Waals surface area contributed by atoms with Crippen molar-refractivity contribution in [3.8, 4) is 0 Å². The zero-order chi connectivity index (χ0) is 12.8. The van der Waals surface area contributed by atoms with Gasteiger partial charge in [-0.05, 0) is 32.0 Å². The average Bonchev–Trinajstić information content (AvgIpc) is 2.41. The Bertz CT molecular complexity index is 347. The molecule has 0 atom stereocenters. The van der Waals surface area contributed by atoms with Gasteiger partial charge in [0.05, 0.1) is 5.69 Å². The van der Waals surface area contributed by atoms with E-state index in [0.717, 1.165) is 31.6 Å². The third-order valence-corrected chi connectivity index (χ3v) is 4.01. The van der Waals surface area contributed by atoms with Gasteiger partial charge in [0.2, 0.25) is 0 Å². The highest BCUT2D eigenvalue weighted by Gasteiger charge is 2.32. The third kappa shape index (κ3) is 3.53. The Kier molecular flexibility index (Phi) is 4.72. The summed E-state index contributed by atoms with van der Waals surface area (Å²) in [5.41, 5.74) is 1.23. The van der Waals surface area contributed by atoms with Crippen molar-refractivity contribution in [2.45, 2.75) is 38.6 Å². The highest BCUT2D eigenvalue weighted by atomic mass is 16.3. The molecule has 18 heavy (non-hydrogen) atoms. The van der Waals surface area contributed by atoms with E-state index in [4.69, 9.17) is 0 Å². The molecule has 1 aliphatic carbocycles. The van der Waals surface area contributed by atoms with Gasteiger partial charge < -0.3 is 5.11 Å². The van der Waals surface area contributed by atoms with Crippen molar-refractivity contribution in [2.75, 3.05) is 20.2 Å². The van der Waals surface area contributed by atoms with Gasteiger partial charge in [0.25, 0.3) is 0 Å². The lowest BCUT2D eigenvalue weighted by Gasteiger charge is -2.38. The van der Waals surface area contributed by atoms with Gasteiger partial charge in [0, 0.05) is 31.3 Å². The summed E-state index contributed by atoms with van der Waals surface area (Å²) in [7, 11) is 2.13. The Balaban J connectivity index is 1.91. The molecule has 1 heterocycles. The number of pyridine rings is 1. The van der Waals surface area contributed by atoms with E-state index < -0.39 is 0 Å². The van der Waals surface area contributed by atoms with Gasteiger partial charge in [-0.3, -0.25) is 9.88 Å². The fraction of sp³-hybridized carbons (Fsp3) is 0.667. The van der Waals surface area contributed by atoms with Crippen molar-refractivity contribution in [1.82, 2.24) is 9.88 Å². The van der Waals surface area contributed by atoms with Crippen LogP contribution in [0.4, 0.5) is 0 Å². The zero-order valence-electron chi connectivity index (χ0n) is 11.3. The number of nitrogens with zero attached hydrogens (tertiary/aromatic N) is 2. The molecule has 1 saturated carbocycles. The maximum Gasteiger partial charge on any atom is 0.0543 e. The van der Waals surface area contributed by atoms with E-state index in [0.29, 0.717) is 6.61 Å². The Morgan fingerprint density at radius 3 is 2.67 bits per heavy atom. The normalized spacial score (nSPS) is 19.1. The van der Waals surface area contributed by atoms with E-state index in [9.17, 15) is 5.11 Å². The summed E-state index contributed by atoms with van der Waals surface area (Å²) in [4.78, 5) is 6.65. The number of aliphatic hydroxyl groups excluding tert-OH is 1. The SMILES string of the molecule is CN(Cc1ccccn1)CC1(CO)CCCCC1.